The van der Waals surface area contributed by atoms with Crippen LogP contribution in [0.15, 0.2) is 5.16 Å². The van der Waals surface area contributed by atoms with Crippen LogP contribution >= 0.6 is 0 Å². The van der Waals surface area contributed by atoms with Crippen molar-refractivity contribution < 1.29 is 19.1 Å². The third-order valence-corrected chi connectivity index (χ3v) is 0.728. The van der Waals surface area contributed by atoms with Crippen molar-refractivity contribution >= 4 is 11.9 Å². The van der Waals surface area contributed by atoms with Gasteiger partial charge in [0.1, 0.15) is 7.11 Å². The maximum atomic E-state index is 10.6. The molecule has 10 heavy (non-hydrogen) atoms. The molecular formula is C5H9NO4. The van der Waals surface area contributed by atoms with Gasteiger partial charge in [-0.05, 0) is 5.16 Å². The lowest BCUT2D eigenvalue weighted by Gasteiger charge is -1.99. The van der Waals surface area contributed by atoms with E-state index >= 15 is 0 Å². The Morgan fingerprint density at radius 1 is 1.20 bits per heavy atom. The van der Waals surface area contributed by atoms with Crippen LogP contribution in [-0.4, -0.2) is 33.2 Å². The van der Waals surface area contributed by atoms with Crippen molar-refractivity contribution in [2.75, 3.05) is 21.3 Å². The van der Waals surface area contributed by atoms with Crippen molar-refractivity contribution in [3.8, 4) is 0 Å². The highest BCUT2D eigenvalue weighted by atomic mass is 16.6. The molecule has 58 valence electrons. The third-order valence-electron chi connectivity index (χ3n) is 0.728. The molecule has 0 rings (SSSR count). The lowest BCUT2D eigenvalue weighted by molar-refractivity contribution is -0.134. The number of oxime groups is 1. The normalized spacial score (nSPS) is 10.5. The summed E-state index contributed by atoms with van der Waals surface area (Å²) in [6.07, 6.45) is 0. The summed E-state index contributed by atoms with van der Waals surface area (Å²) in [6, 6.07) is 0. The predicted octanol–water partition coefficient (Wildman–Crippen LogP) is -0.234. The highest BCUT2D eigenvalue weighted by Crippen LogP contribution is 1.84. The van der Waals surface area contributed by atoms with E-state index in [2.05, 4.69) is 19.5 Å². The lowest BCUT2D eigenvalue weighted by atomic mass is 10.7. The second kappa shape index (κ2) is 4.60. The fourth-order valence-electron chi connectivity index (χ4n) is 0.328. The first-order chi connectivity index (χ1) is 4.76. The van der Waals surface area contributed by atoms with Crippen LogP contribution in [0, 0.1) is 0 Å². The van der Waals surface area contributed by atoms with Gasteiger partial charge in [-0.2, -0.15) is 0 Å². The van der Waals surface area contributed by atoms with Gasteiger partial charge in [-0.1, -0.05) is 0 Å². The van der Waals surface area contributed by atoms with E-state index in [4.69, 9.17) is 0 Å². The zero-order valence-electron chi connectivity index (χ0n) is 6.08. The molecule has 0 bridgehead atoms. The van der Waals surface area contributed by atoms with E-state index in [9.17, 15) is 4.79 Å². The van der Waals surface area contributed by atoms with Crippen molar-refractivity contribution in [3.05, 3.63) is 0 Å². The molecule has 5 heteroatoms. The fraction of sp³-hybridized carbons (Fsp3) is 0.600. The second-order valence-electron chi connectivity index (χ2n) is 1.27. The molecule has 0 aliphatic carbocycles. The van der Waals surface area contributed by atoms with Gasteiger partial charge in [0.05, 0.1) is 14.2 Å². The maximum Gasteiger partial charge on any atom is 0.397 e. The van der Waals surface area contributed by atoms with Crippen molar-refractivity contribution in [2.24, 2.45) is 5.16 Å². The van der Waals surface area contributed by atoms with Gasteiger partial charge in [0.25, 0.3) is 0 Å². The molecule has 0 radical (unpaired) electrons. The van der Waals surface area contributed by atoms with Crippen LogP contribution in [0.25, 0.3) is 0 Å². The number of hydrogen-bond donors (Lipinski definition) is 0. The summed E-state index contributed by atoms with van der Waals surface area (Å²) in [4.78, 5) is 14.9. The Kier molecular flexibility index (Phi) is 4.02. The fourth-order valence-corrected chi connectivity index (χ4v) is 0.328. The van der Waals surface area contributed by atoms with Gasteiger partial charge in [-0.15, -0.1) is 0 Å². The van der Waals surface area contributed by atoms with Gasteiger partial charge in [-0.25, -0.2) is 4.79 Å². The van der Waals surface area contributed by atoms with Crippen LogP contribution in [0.1, 0.15) is 0 Å². The number of rotatable bonds is 1. The van der Waals surface area contributed by atoms with Gasteiger partial charge in [-0.3, -0.25) is 0 Å². The molecule has 0 aliphatic heterocycles. The Balaban J connectivity index is 4.06. The molecule has 0 heterocycles. The minimum atomic E-state index is -0.663. The van der Waals surface area contributed by atoms with Crippen LogP contribution in [-0.2, 0) is 19.1 Å². The highest BCUT2D eigenvalue weighted by Gasteiger charge is 2.11. The van der Waals surface area contributed by atoms with Gasteiger partial charge < -0.3 is 14.3 Å². The van der Waals surface area contributed by atoms with E-state index in [1.807, 2.05) is 0 Å². The monoisotopic (exact) mass is 147 g/mol. The predicted molar refractivity (Wildman–Crippen MR) is 33.5 cm³/mol. The maximum absolute atomic E-state index is 10.6. The zero-order valence-corrected chi connectivity index (χ0v) is 6.08. The minimum absolute atomic E-state index is 0.204. The first-order valence-electron chi connectivity index (χ1n) is 2.49. The molecule has 0 fully saturated rings. The van der Waals surface area contributed by atoms with E-state index in [1.54, 1.807) is 0 Å². The molecular weight excluding hydrogens is 138 g/mol. The first kappa shape index (κ1) is 8.74. The molecule has 0 aromatic carbocycles. The van der Waals surface area contributed by atoms with Crippen LogP contribution in [0.5, 0.6) is 0 Å². The molecule has 0 saturated heterocycles. The van der Waals surface area contributed by atoms with E-state index in [0.717, 1.165) is 0 Å². The summed E-state index contributed by atoms with van der Waals surface area (Å²) in [5, 5.41) is 3.23. The number of esters is 1. The molecule has 0 atom stereocenters. The number of ether oxygens (including phenoxy) is 2. The van der Waals surface area contributed by atoms with Crippen molar-refractivity contribution in [2.45, 2.75) is 0 Å². The Morgan fingerprint density at radius 2 is 1.80 bits per heavy atom. The third kappa shape index (κ3) is 2.34. The first-order valence-corrected chi connectivity index (χ1v) is 2.49. The van der Waals surface area contributed by atoms with Gasteiger partial charge >= 0.3 is 11.9 Å². The van der Waals surface area contributed by atoms with Gasteiger partial charge in [0.2, 0.25) is 0 Å². The van der Waals surface area contributed by atoms with E-state index in [-0.39, 0.29) is 5.90 Å². The van der Waals surface area contributed by atoms with Crippen molar-refractivity contribution in [1.29, 1.82) is 0 Å². The standard InChI is InChI=1S/C5H9NO4/c1-8-4(6-10-3)5(7)9-2/h1-3H3. The topological polar surface area (TPSA) is 57.1 Å². The smallest absolute Gasteiger partial charge is 0.397 e. The van der Waals surface area contributed by atoms with Crippen LogP contribution in [0.3, 0.4) is 0 Å². The number of methoxy groups -OCH3 is 2. The Bertz CT molecular complexity index is 143. The number of nitrogens with zero attached hydrogens (tertiary/aromatic N) is 1. The molecule has 0 aliphatic rings. The Hall–Kier alpha value is -1.26. The van der Waals surface area contributed by atoms with Crippen LogP contribution in [0.4, 0.5) is 0 Å². The average molecular weight is 147 g/mol. The summed E-state index contributed by atoms with van der Waals surface area (Å²) in [6.45, 7) is 0. The Labute approximate surface area is 58.6 Å². The Morgan fingerprint density at radius 3 is 2.10 bits per heavy atom. The number of carbonyl (C=O) groups is 1. The van der Waals surface area contributed by atoms with Gasteiger partial charge in [0, 0.05) is 0 Å². The minimum Gasteiger partial charge on any atom is -0.474 e. The molecule has 5 nitrogen and oxygen atoms in total. The van der Waals surface area contributed by atoms with Crippen LogP contribution < -0.4 is 0 Å². The summed E-state index contributed by atoms with van der Waals surface area (Å²) in [5.74, 6) is -0.866. The summed E-state index contributed by atoms with van der Waals surface area (Å²) in [7, 11) is 3.84. The van der Waals surface area contributed by atoms with Crippen molar-refractivity contribution in [1.82, 2.24) is 0 Å². The molecule has 0 aromatic rings. The molecule has 0 unspecified atom stereocenters. The lowest BCUT2D eigenvalue weighted by Crippen LogP contribution is -2.17. The number of hydrogen-bond acceptors (Lipinski definition) is 5. The molecule has 0 N–H and O–H groups in total. The second-order valence-corrected chi connectivity index (χ2v) is 1.27. The quantitative estimate of drug-likeness (QED) is 0.222. The van der Waals surface area contributed by atoms with Crippen LogP contribution in [0.2, 0.25) is 0 Å². The summed E-state index contributed by atoms with van der Waals surface area (Å²) >= 11 is 0. The largest absolute Gasteiger partial charge is 0.474 e. The zero-order chi connectivity index (χ0) is 7.98. The highest BCUT2D eigenvalue weighted by molar-refractivity contribution is 6.32. The van der Waals surface area contributed by atoms with E-state index < -0.39 is 5.97 Å². The molecule has 0 aromatic heterocycles. The van der Waals surface area contributed by atoms with Crippen molar-refractivity contribution in [3.63, 3.8) is 0 Å². The molecule has 0 amide bonds. The van der Waals surface area contributed by atoms with E-state index in [1.165, 1.54) is 21.3 Å². The van der Waals surface area contributed by atoms with Gasteiger partial charge in [0.15, 0.2) is 0 Å². The van der Waals surface area contributed by atoms with E-state index in [0.29, 0.717) is 0 Å². The number of carbonyl (C=O) groups excluding carboxylic acids is 1. The molecule has 0 spiro atoms. The molecule has 0 saturated carbocycles. The summed E-state index contributed by atoms with van der Waals surface area (Å²) in [5.41, 5.74) is 0. The summed E-state index contributed by atoms with van der Waals surface area (Å²) < 4.78 is 8.77. The SMILES string of the molecule is CON=C(OC)C(=O)OC. The average Bonchev–Trinajstić information content (AvgIpc) is 1.99.